The van der Waals surface area contributed by atoms with E-state index in [-0.39, 0.29) is 24.1 Å². The topological polar surface area (TPSA) is 97.2 Å². The molecule has 5 rings (SSSR count). The van der Waals surface area contributed by atoms with Gasteiger partial charge in [-0.25, -0.2) is 9.07 Å². The molecule has 3 aromatic rings. The van der Waals surface area contributed by atoms with Crippen LogP contribution in [-0.2, 0) is 16.1 Å². The van der Waals surface area contributed by atoms with Gasteiger partial charge in [0.05, 0.1) is 11.9 Å². The number of nitrogens with one attached hydrogen (secondary N) is 1. The Hall–Kier alpha value is -3.88. The second-order valence-electron chi connectivity index (χ2n) is 7.75. The third-order valence-electron chi connectivity index (χ3n) is 5.72. The molecule has 1 aromatic heterocycles. The molecule has 31 heavy (non-hydrogen) atoms. The maximum Gasteiger partial charge on any atom is 0.255 e. The minimum Gasteiger partial charge on any atom is -0.322 e. The van der Waals surface area contributed by atoms with E-state index in [0.717, 1.165) is 11.1 Å². The molecule has 1 saturated heterocycles. The lowest BCUT2D eigenvalue weighted by atomic mass is 10.0. The van der Waals surface area contributed by atoms with Gasteiger partial charge < -0.3 is 4.90 Å². The van der Waals surface area contributed by atoms with Gasteiger partial charge in [-0.2, -0.15) is 0 Å². The van der Waals surface area contributed by atoms with Gasteiger partial charge in [-0.1, -0.05) is 11.3 Å². The zero-order valence-electron chi connectivity index (χ0n) is 16.6. The summed E-state index contributed by atoms with van der Waals surface area (Å²) in [6.45, 7) is 1.97. The number of hydrogen-bond donors (Lipinski definition) is 1. The SMILES string of the molecule is Cc1cc(-n2cc(-c3ccc4c(c3)CN(C3CCC(=O)NC3=O)C4=O)nn2)ccc1F. The van der Waals surface area contributed by atoms with Crippen LogP contribution in [0.25, 0.3) is 16.9 Å². The quantitative estimate of drug-likeness (QED) is 0.656. The highest BCUT2D eigenvalue weighted by Gasteiger charge is 2.39. The molecular weight excluding hydrogens is 401 g/mol. The van der Waals surface area contributed by atoms with E-state index in [1.807, 2.05) is 6.07 Å². The summed E-state index contributed by atoms with van der Waals surface area (Å²) in [7, 11) is 0. The number of fused-ring (bicyclic) bond motifs is 1. The molecule has 3 amide bonds. The van der Waals surface area contributed by atoms with Crippen molar-refractivity contribution in [3.05, 3.63) is 65.1 Å². The number of aryl methyl sites for hydroxylation is 1. The summed E-state index contributed by atoms with van der Waals surface area (Å²) in [6, 6.07) is 9.42. The van der Waals surface area contributed by atoms with Crippen molar-refractivity contribution in [2.75, 3.05) is 0 Å². The van der Waals surface area contributed by atoms with Crippen molar-refractivity contribution < 1.29 is 18.8 Å². The molecule has 8 nitrogen and oxygen atoms in total. The third kappa shape index (κ3) is 3.27. The molecule has 2 aliphatic heterocycles. The number of aromatic nitrogens is 3. The zero-order chi connectivity index (χ0) is 21.7. The maximum atomic E-state index is 13.5. The largest absolute Gasteiger partial charge is 0.322 e. The van der Waals surface area contributed by atoms with Crippen LogP contribution < -0.4 is 5.32 Å². The molecule has 0 bridgehead atoms. The molecule has 156 valence electrons. The molecule has 0 spiro atoms. The molecule has 9 heteroatoms. The second-order valence-corrected chi connectivity index (χ2v) is 7.75. The summed E-state index contributed by atoms with van der Waals surface area (Å²) in [5.41, 5.74) is 3.92. The lowest BCUT2D eigenvalue weighted by Gasteiger charge is -2.29. The lowest BCUT2D eigenvalue weighted by Crippen LogP contribution is -2.52. The monoisotopic (exact) mass is 419 g/mol. The number of halogens is 1. The Balaban J connectivity index is 1.41. The van der Waals surface area contributed by atoms with Crippen molar-refractivity contribution in [1.82, 2.24) is 25.2 Å². The van der Waals surface area contributed by atoms with Gasteiger partial charge in [0.2, 0.25) is 11.8 Å². The smallest absolute Gasteiger partial charge is 0.255 e. The molecule has 0 radical (unpaired) electrons. The van der Waals surface area contributed by atoms with E-state index in [4.69, 9.17) is 0 Å². The van der Waals surface area contributed by atoms with Crippen LogP contribution in [0.4, 0.5) is 4.39 Å². The Bertz CT molecular complexity index is 1250. The van der Waals surface area contributed by atoms with Gasteiger partial charge >= 0.3 is 0 Å². The first-order valence-electron chi connectivity index (χ1n) is 9.87. The van der Waals surface area contributed by atoms with Crippen LogP contribution in [-0.4, -0.2) is 43.7 Å². The van der Waals surface area contributed by atoms with Gasteiger partial charge in [-0.05, 0) is 54.8 Å². The van der Waals surface area contributed by atoms with Crippen LogP contribution in [0.5, 0.6) is 0 Å². The van der Waals surface area contributed by atoms with E-state index in [9.17, 15) is 18.8 Å². The van der Waals surface area contributed by atoms with Crippen LogP contribution in [0.1, 0.15) is 34.3 Å². The molecule has 2 aromatic carbocycles. The number of amides is 3. The Morgan fingerprint density at radius 3 is 2.74 bits per heavy atom. The van der Waals surface area contributed by atoms with E-state index in [1.165, 1.54) is 11.0 Å². The fourth-order valence-electron chi connectivity index (χ4n) is 4.03. The van der Waals surface area contributed by atoms with Crippen LogP contribution in [0.2, 0.25) is 0 Å². The van der Waals surface area contributed by atoms with E-state index < -0.39 is 11.9 Å². The van der Waals surface area contributed by atoms with E-state index in [0.29, 0.717) is 35.5 Å². The minimum atomic E-state index is -0.649. The predicted molar refractivity (Wildman–Crippen MR) is 108 cm³/mol. The van der Waals surface area contributed by atoms with Gasteiger partial charge in [0.15, 0.2) is 0 Å². The molecule has 1 atom stereocenters. The number of imide groups is 1. The number of rotatable bonds is 3. The lowest BCUT2D eigenvalue weighted by molar-refractivity contribution is -0.136. The van der Waals surface area contributed by atoms with Crippen molar-refractivity contribution >= 4 is 17.7 Å². The summed E-state index contributed by atoms with van der Waals surface area (Å²) in [5, 5.41) is 10.6. The van der Waals surface area contributed by atoms with Crippen LogP contribution in [0, 0.1) is 12.7 Å². The number of hydrogen-bond acceptors (Lipinski definition) is 5. The van der Waals surface area contributed by atoms with Crippen molar-refractivity contribution in [3.63, 3.8) is 0 Å². The molecule has 0 aliphatic carbocycles. The van der Waals surface area contributed by atoms with Gasteiger partial charge in [-0.3, -0.25) is 19.7 Å². The number of carbonyl (C=O) groups excluding carboxylic acids is 3. The normalized spacial score (nSPS) is 18.3. The average Bonchev–Trinajstić information content (AvgIpc) is 3.35. The fourth-order valence-corrected chi connectivity index (χ4v) is 4.03. The molecule has 2 aliphatic rings. The maximum absolute atomic E-state index is 13.5. The van der Waals surface area contributed by atoms with Crippen LogP contribution >= 0.6 is 0 Å². The highest BCUT2D eigenvalue weighted by molar-refractivity contribution is 6.05. The molecule has 1 fully saturated rings. The fraction of sp³-hybridized carbons (Fsp3) is 0.227. The number of piperidine rings is 1. The van der Waals surface area contributed by atoms with Crippen molar-refractivity contribution in [3.8, 4) is 16.9 Å². The van der Waals surface area contributed by atoms with E-state index >= 15 is 0 Å². The average molecular weight is 419 g/mol. The molecular formula is C22H18FN5O3. The Kier molecular flexibility index (Phi) is 4.39. The summed E-state index contributed by atoms with van der Waals surface area (Å²) in [6.07, 6.45) is 2.28. The molecule has 3 heterocycles. The first-order valence-corrected chi connectivity index (χ1v) is 9.87. The highest BCUT2D eigenvalue weighted by atomic mass is 19.1. The summed E-state index contributed by atoms with van der Waals surface area (Å²) < 4.78 is 15.1. The van der Waals surface area contributed by atoms with Crippen molar-refractivity contribution in [2.24, 2.45) is 0 Å². The number of benzene rings is 2. The van der Waals surface area contributed by atoms with Gasteiger partial charge in [0, 0.05) is 24.1 Å². The van der Waals surface area contributed by atoms with Crippen LogP contribution in [0.15, 0.2) is 42.6 Å². The standard InChI is InChI=1S/C22H18FN5O3/c1-12-8-15(3-5-17(12)23)28-11-18(25-26-28)13-2-4-16-14(9-13)10-27(22(16)31)19-6-7-20(29)24-21(19)30/h2-5,8-9,11,19H,6-7,10H2,1H3,(H,24,29,30). The molecule has 1 N–H and O–H groups in total. The first-order chi connectivity index (χ1) is 14.9. The summed E-state index contributed by atoms with van der Waals surface area (Å²) >= 11 is 0. The summed E-state index contributed by atoms with van der Waals surface area (Å²) in [4.78, 5) is 37.9. The van der Waals surface area contributed by atoms with Crippen LogP contribution in [0.3, 0.4) is 0 Å². The molecule has 1 unspecified atom stereocenters. The van der Waals surface area contributed by atoms with Gasteiger partial charge in [0.1, 0.15) is 17.6 Å². The van der Waals surface area contributed by atoms with Gasteiger partial charge in [-0.15, -0.1) is 5.10 Å². The third-order valence-corrected chi connectivity index (χ3v) is 5.72. The Morgan fingerprint density at radius 2 is 1.97 bits per heavy atom. The van der Waals surface area contributed by atoms with E-state index in [1.54, 1.807) is 42.1 Å². The first kappa shape index (κ1) is 19.1. The Labute approximate surface area is 176 Å². The zero-order valence-corrected chi connectivity index (χ0v) is 16.6. The minimum absolute atomic E-state index is 0.216. The van der Waals surface area contributed by atoms with Crippen molar-refractivity contribution in [2.45, 2.75) is 32.4 Å². The van der Waals surface area contributed by atoms with Gasteiger partial charge in [0.25, 0.3) is 5.91 Å². The highest BCUT2D eigenvalue weighted by Crippen LogP contribution is 2.30. The van der Waals surface area contributed by atoms with E-state index in [2.05, 4.69) is 15.6 Å². The molecule has 0 saturated carbocycles. The Morgan fingerprint density at radius 1 is 1.13 bits per heavy atom. The predicted octanol–water partition coefficient (Wildman–Crippen LogP) is 2.14. The van der Waals surface area contributed by atoms with Crippen molar-refractivity contribution in [1.29, 1.82) is 0 Å². The number of carbonyl (C=O) groups is 3. The second kappa shape index (κ2) is 7.12. The summed E-state index contributed by atoms with van der Waals surface area (Å²) in [5.74, 6) is -1.25. The number of nitrogens with zero attached hydrogens (tertiary/aromatic N) is 4.